The molecule has 13 nitrogen and oxygen atoms in total. The van der Waals surface area contributed by atoms with Crippen molar-refractivity contribution in [3.63, 3.8) is 0 Å². The third-order valence-electron chi connectivity index (χ3n) is 7.62. The summed E-state index contributed by atoms with van der Waals surface area (Å²) in [5.74, 6) is -3.51. The normalized spacial score (nSPS) is 26.3. The number of carbonyl (C=O) groups is 3. The number of rotatable bonds is 8. The highest BCUT2D eigenvalue weighted by atomic mass is 35.5. The number of urea groups is 1. The van der Waals surface area contributed by atoms with E-state index in [1.807, 2.05) is 30.3 Å². The lowest BCUT2D eigenvalue weighted by Crippen LogP contribution is -2.61. The molecule has 0 radical (unpaired) electrons. The zero-order chi connectivity index (χ0) is 30.6. The standard InChI is InChI=1S/C27H24ClFN4O9S/c28-16-13(6-7-14(29)20(16)41-24-19(36)17(34)18(35)21(42-24)23(37)38)22-31-30-15(43-22)11-33-26(40)32(25(39)27(33)8-9-27)10-12-4-2-1-3-5-12/h1-7,17-19,21,24,34-36H,8-11H2,(H,37,38)/t17-,18-,19+,21-,24+/m0/s1. The third-order valence-corrected chi connectivity index (χ3v) is 8.93. The minimum atomic E-state index is -1.96. The number of carboxylic acid groups (broad SMARTS) is 1. The van der Waals surface area contributed by atoms with Crippen LogP contribution in [0.15, 0.2) is 42.5 Å². The summed E-state index contributed by atoms with van der Waals surface area (Å²) in [5.41, 5.74) is 0.0661. The number of benzene rings is 2. The van der Waals surface area contributed by atoms with Crippen molar-refractivity contribution >= 4 is 40.8 Å². The number of hydrogen-bond acceptors (Lipinski definition) is 11. The second kappa shape index (κ2) is 11.1. The molecule has 5 atom stereocenters. The van der Waals surface area contributed by atoms with Gasteiger partial charge in [0.15, 0.2) is 17.7 Å². The molecule has 16 heteroatoms. The van der Waals surface area contributed by atoms with Gasteiger partial charge in [0.2, 0.25) is 6.29 Å². The van der Waals surface area contributed by atoms with Crippen LogP contribution in [-0.2, 0) is 27.4 Å². The van der Waals surface area contributed by atoms with Crippen molar-refractivity contribution in [3.05, 3.63) is 63.9 Å². The molecule has 1 saturated carbocycles. The van der Waals surface area contributed by atoms with Gasteiger partial charge in [-0.2, -0.15) is 0 Å². The number of hydrogen-bond donors (Lipinski definition) is 4. The maximum absolute atomic E-state index is 14.8. The Labute approximate surface area is 251 Å². The van der Waals surface area contributed by atoms with Crippen LogP contribution in [0.4, 0.5) is 9.18 Å². The molecule has 4 N–H and O–H groups in total. The van der Waals surface area contributed by atoms with Crippen LogP contribution in [0.5, 0.6) is 5.75 Å². The molecule has 2 aromatic carbocycles. The van der Waals surface area contributed by atoms with Gasteiger partial charge in [-0.3, -0.25) is 9.69 Å². The van der Waals surface area contributed by atoms with E-state index in [-0.39, 0.29) is 34.6 Å². The van der Waals surface area contributed by atoms with Gasteiger partial charge in [0.1, 0.15) is 33.9 Å². The molecular weight excluding hydrogens is 611 g/mol. The van der Waals surface area contributed by atoms with Crippen LogP contribution in [0.2, 0.25) is 5.02 Å². The van der Waals surface area contributed by atoms with Crippen LogP contribution in [0, 0.1) is 5.82 Å². The van der Waals surface area contributed by atoms with Gasteiger partial charge in [-0.25, -0.2) is 14.0 Å². The molecule has 1 aliphatic carbocycles. The van der Waals surface area contributed by atoms with Crippen molar-refractivity contribution in [2.24, 2.45) is 0 Å². The highest BCUT2D eigenvalue weighted by Crippen LogP contribution is 2.49. The van der Waals surface area contributed by atoms with E-state index in [9.17, 15) is 39.2 Å². The minimum absolute atomic E-state index is 0.00853. The van der Waals surface area contributed by atoms with Gasteiger partial charge in [0.05, 0.1) is 18.1 Å². The number of halogens is 2. The van der Waals surface area contributed by atoms with Crippen molar-refractivity contribution in [1.29, 1.82) is 0 Å². The Bertz CT molecular complexity index is 1590. The van der Waals surface area contributed by atoms with E-state index in [1.165, 1.54) is 15.9 Å². The Kier molecular flexibility index (Phi) is 7.56. The first kappa shape index (κ1) is 29.3. The van der Waals surface area contributed by atoms with Crippen LogP contribution in [0.3, 0.4) is 0 Å². The maximum atomic E-state index is 14.8. The SMILES string of the molecule is O=C(O)[C@H]1O[C@@H](Oc2c(F)ccc(-c3nnc(CN4C(=O)N(Cc5ccccc5)C(=O)C45CC5)s3)c2Cl)[C@H](O)[C@@H](O)[C@@H]1O. The quantitative estimate of drug-likeness (QED) is 0.265. The molecule has 6 rings (SSSR count). The lowest BCUT2D eigenvalue weighted by molar-refractivity contribution is -0.271. The summed E-state index contributed by atoms with van der Waals surface area (Å²) in [4.78, 5) is 40.7. The molecular formula is C27H24ClFN4O9S. The number of nitrogens with zero attached hydrogens (tertiary/aromatic N) is 4. The van der Waals surface area contributed by atoms with E-state index < -0.39 is 59.8 Å². The summed E-state index contributed by atoms with van der Waals surface area (Å²) in [7, 11) is 0. The van der Waals surface area contributed by atoms with Gasteiger partial charge in [-0.1, -0.05) is 53.3 Å². The predicted molar refractivity (Wildman–Crippen MR) is 145 cm³/mol. The molecule has 226 valence electrons. The Morgan fingerprint density at radius 1 is 1.07 bits per heavy atom. The molecule has 3 aromatic rings. The topological polar surface area (TPSA) is 183 Å². The largest absolute Gasteiger partial charge is 0.479 e. The summed E-state index contributed by atoms with van der Waals surface area (Å²) >= 11 is 7.50. The molecule has 1 aromatic heterocycles. The number of aliphatic hydroxyl groups is 3. The molecule has 1 spiro atoms. The summed E-state index contributed by atoms with van der Waals surface area (Å²) in [6.07, 6.45) is -8.65. The summed E-state index contributed by atoms with van der Waals surface area (Å²) in [6.45, 7) is 0.156. The van der Waals surface area contributed by atoms with Gasteiger partial charge >= 0.3 is 12.0 Å². The first-order valence-corrected chi connectivity index (χ1v) is 14.3. The molecule has 0 bridgehead atoms. The first-order chi connectivity index (χ1) is 20.5. The van der Waals surface area contributed by atoms with Crippen LogP contribution in [0.1, 0.15) is 23.4 Å². The number of carbonyl (C=O) groups excluding carboxylic acids is 2. The number of ether oxygens (including phenoxy) is 2. The zero-order valence-electron chi connectivity index (χ0n) is 22.0. The predicted octanol–water partition coefficient (Wildman–Crippen LogP) is 1.77. The van der Waals surface area contributed by atoms with E-state index in [0.29, 0.717) is 17.8 Å². The maximum Gasteiger partial charge on any atom is 0.335 e. The Morgan fingerprint density at radius 2 is 1.79 bits per heavy atom. The summed E-state index contributed by atoms with van der Waals surface area (Å²) < 4.78 is 25.3. The van der Waals surface area contributed by atoms with E-state index in [1.54, 1.807) is 0 Å². The lowest BCUT2D eigenvalue weighted by atomic mass is 9.99. The molecule has 0 unspecified atom stereocenters. The minimum Gasteiger partial charge on any atom is -0.479 e. The van der Waals surface area contributed by atoms with Crippen molar-refractivity contribution in [2.75, 3.05) is 0 Å². The van der Waals surface area contributed by atoms with Crippen molar-refractivity contribution < 1.29 is 48.7 Å². The lowest BCUT2D eigenvalue weighted by Gasteiger charge is -2.38. The molecule has 3 heterocycles. The molecule has 43 heavy (non-hydrogen) atoms. The monoisotopic (exact) mass is 634 g/mol. The van der Waals surface area contributed by atoms with Gasteiger partial charge in [-0.15, -0.1) is 10.2 Å². The fourth-order valence-corrected chi connectivity index (χ4v) is 6.35. The molecule has 3 fully saturated rings. The van der Waals surface area contributed by atoms with E-state index in [2.05, 4.69) is 10.2 Å². The summed E-state index contributed by atoms with van der Waals surface area (Å²) in [5, 5.41) is 48.0. The van der Waals surface area contributed by atoms with E-state index >= 15 is 0 Å². The third kappa shape index (κ3) is 5.11. The van der Waals surface area contributed by atoms with Crippen LogP contribution >= 0.6 is 22.9 Å². The number of aromatic nitrogens is 2. The van der Waals surface area contributed by atoms with Crippen LogP contribution < -0.4 is 4.74 Å². The number of amides is 3. The van der Waals surface area contributed by atoms with Crippen molar-refractivity contribution in [3.8, 4) is 16.3 Å². The van der Waals surface area contributed by atoms with E-state index in [0.717, 1.165) is 23.0 Å². The number of carboxylic acids is 1. The van der Waals surface area contributed by atoms with E-state index in [4.69, 9.17) is 21.1 Å². The fraction of sp³-hybridized carbons (Fsp3) is 0.370. The Balaban J connectivity index is 1.21. The van der Waals surface area contributed by atoms with Crippen LogP contribution in [0.25, 0.3) is 10.6 Å². The van der Waals surface area contributed by atoms with Crippen LogP contribution in [-0.4, -0.2) is 94.6 Å². The second-order valence-electron chi connectivity index (χ2n) is 10.4. The Morgan fingerprint density at radius 3 is 2.47 bits per heavy atom. The smallest absolute Gasteiger partial charge is 0.335 e. The van der Waals surface area contributed by atoms with Crippen molar-refractivity contribution in [2.45, 2.75) is 62.2 Å². The second-order valence-corrected chi connectivity index (χ2v) is 11.8. The average Bonchev–Trinajstić information content (AvgIpc) is 3.62. The van der Waals surface area contributed by atoms with Gasteiger partial charge in [0, 0.05) is 5.56 Å². The van der Waals surface area contributed by atoms with Crippen molar-refractivity contribution in [1.82, 2.24) is 20.0 Å². The van der Waals surface area contributed by atoms with Gasteiger partial charge in [0.25, 0.3) is 5.91 Å². The molecule has 3 aliphatic rings. The van der Waals surface area contributed by atoms with Gasteiger partial charge in [-0.05, 0) is 30.5 Å². The van der Waals surface area contributed by atoms with Gasteiger partial charge < -0.3 is 34.8 Å². The molecule has 3 amide bonds. The fourth-order valence-electron chi connectivity index (χ4n) is 5.14. The molecule has 2 saturated heterocycles. The number of imide groups is 1. The number of aliphatic carboxylic acids is 1. The summed E-state index contributed by atoms with van der Waals surface area (Å²) in [6, 6.07) is 11.0. The number of aliphatic hydroxyl groups excluding tert-OH is 3. The first-order valence-electron chi connectivity index (χ1n) is 13.1. The Hall–Kier alpha value is -3.73. The highest BCUT2D eigenvalue weighted by molar-refractivity contribution is 7.14. The average molecular weight is 635 g/mol. The molecule has 2 aliphatic heterocycles. The highest BCUT2D eigenvalue weighted by Gasteiger charge is 2.64. The zero-order valence-corrected chi connectivity index (χ0v) is 23.6.